The van der Waals surface area contributed by atoms with E-state index in [-0.39, 0.29) is 11.8 Å². The molecule has 1 unspecified atom stereocenters. The zero-order valence-electron chi connectivity index (χ0n) is 11.9. The summed E-state index contributed by atoms with van der Waals surface area (Å²) in [6, 6.07) is 0.253. The molecule has 0 aliphatic heterocycles. The fourth-order valence-corrected chi connectivity index (χ4v) is 2.42. The number of nitrogens with one attached hydrogen (secondary N) is 1. The second kappa shape index (κ2) is 5.95. The molecular formula is C15H21N3O. The van der Waals surface area contributed by atoms with Crippen LogP contribution in [0.25, 0.3) is 0 Å². The first kappa shape index (κ1) is 13.7. The first-order chi connectivity index (χ1) is 9.08. The number of ketones is 1. The van der Waals surface area contributed by atoms with Crippen LogP contribution >= 0.6 is 0 Å². The van der Waals surface area contributed by atoms with Gasteiger partial charge in [0.25, 0.3) is 0 Å². The van der Waals surface area contributed by atoms with E-state index in [9.17, 15) is 4.79 Å². The number of anilines is 1. The van der Waals surface area contributed by atoms with Crippen LogP contribution in [0.4, 0.5) is 5.95 Å². The van der Waals surface area contributed by atoms with E-state index in [4.69, 9.17) is 0 Å². The molecule has 0 saturated carbocycles. The highest BCUT2D eigenvalue weighted by Crippen LogP contribution is 2.21. The van der Waals surface area contributed by atoms with Gasteiger partial charge in [0.2, 0.25) is 5.95 Å². The number of aromatic nitrogens is 2. The molecule has 0 saturated heterocycles. The van der Waals surface area contributed by atoms with Gasteiger partial charge in [0.15, 0.2) is 5.78 Å². The molecule has 0 bridgehead atoms. The molecule has 4 nitrogen and oxygen atoms in total. The molecule has 1 aromatic heterocycles. The molecule has 1 N–H and O–H groups in total. The lowest BCUT2D eigenvalue weighted by Crippen LogP contribution is -2.21. The van der Waals surface area contributed by atoms with E-state index in [1.807, 2.05) is 6.92 Å². The highest BCUT2D eigenvalue weighted by atomic mass is 16.1. The average Bonchev–Trinajstić information content (AvgIpc) is 2.39. The lowest BCUT2D eigenvalue weighted by Gasteiger charge is -2.21. The molecule has 102 valence electrons. The highest BCUT2D eigenvalue weighted by molar-refractivity contribution is 5.94. The summed E-state index contributed by atoms with van der Waals surface area (Å²) >= 11 is 0. The number of hydrogen-bond donors (Lipinski definition) is 1. The number of carbonyl (C=O) groups excluding carboxylic acids is 1. The summed E-state index contributed by atoms with van der Waals surface area (Å²) in [6.07, 6.45) is 8.80. The minimum atomic E-state index is 0.00656. The molecule has 19 heavy (non-hydrogen) atoms. The van der Waals surface area contributed by atoms with Gasteiger partial charge in [-0.25, -0.2) is 9.97 Å². The summed E-state index contributed by atoms with van der Waals surface area (Å²) in [4.78, 5) is 19.9. The second-order valence-corrected chi connectivity index (χ2v) is 5.14. The molecule has 4 heteroatoms. The Bertz CT molecular complexity index is 508. The molecule has 1 heterocycles. The second-order valence-electron chi connectivity index (χ2n) is 5.14. The maximum atomic E-state index is 11.3. The molecule has 1 aliphatic rings. The number of aryl methyl sites for hydroxylation is 1. The number of nitrogens with zero attached hydrogens (tertiary/aromatic N) is 2. The largest absolute Gasteiger partial charge is 0.348 e. The van der Waals surface area contributed by atoms with Gasteiger partial charge in [-0.05, 0) is 46.5 Å². The first-order valence-corrected chi connectivity index (χ1v) is 6.88. The maximum absolute atomic E-state index is 11.3. The van der Waals surface area contributed by atoms with Crippen molar-refractivity contribution in [3.05, 3.63) is 29.1 Å². The van der Waals surface area contributed by atoms with Crippen molar-refractivity contribution >= 4 is 11.7 Å². The zero-order valence-corrected chi connectivity index (χ0v) is 11.9. The summed E-state index contributed by atoms with van der Waals surface area (Å²) in [6.45, 7) is 5.51. The van der Waals surface area contributed by atoms with Crippen molar-refractivity contribution in [2.45, 2.75) is 52.5 Å². The highest BCUT2D eigenvalue weighted by Gasteiger charge is 2.13. The van der Waals surface area contributed by atoms with E-state index >= 15 is 0 Å². The lowest BCUT2D eigenvalue weighted by molar-refractivity contribution is 0.101. The van der Waals surface area contributed by atoms with E-state index in [0.717, 1.165) is 12.1 Å². The number of carbonyl (C=O) groups is 1. The van der Waals surface area contributed by atoms with Gasteiger partial charge in [0.05, 0.1) is 11.3 Å². The summed E-state index contributed by atoms with van der Waals surface area (Å²) in [5.74, 6) is 0.605. The third-order valence-electron chi connectivity index (χ3n) is 3.59. The third kappa shape index (κ3) is 3.40. The fourth-order valence-electron chi connectivity index (χ4n) is 2.42. The van der Waals surface area contributed by atoms with Gasteiger partial charge >= 0.3 is 0 Å². The van der Waals surface area contributed by atoms with Crippen molar-refractivity contribution < 1.29 is 4.79 Å². The average molecular weight is 259 g/mol. The van der Waals surface area contributed by atoms with Crippen molar-refractivity contribution in [2.24, 2.45) is 0 Å². The van der Waals surface area contributed by atoms with Crippen molar-refractivity contribution in [3.8, 4) is 0 Å². The standard InChI is InChI=1S/C15H21N3O/c1-10(13-7-5-4-6-8-13)17-15-16-9-14(12(3)19)11(2)18-15/h7,9-10H,4-6,8H2,1-3H3,(H,16,17,18). The zero-order chi connectivity index (χ0) is 13.8. The van der Waals surface area contributed by atoms with Gasteiger partial charge in [-0.2, -0.15) is 0 Å². The fraction of sp³-hybridized carbons (Fsp3) is 0.533. The summed E-state index contributed by atoms with van der Waals surface area (Å²) in [7, 11) is 0. The van der Waals surface area contributed by atoms with Gasteiger partial charge < -0.3 is 5.32 Å². The third-order valence-corrected chi connectivity index (χ3v) is 3.59. The normalized spacial score (nSPS) is 16.7. The van der Waals surface area contributed by atoms with Crippen molar-refractivity contribution in [1.29, 1.82) is 0 Å². The Morgan fingerprint density at radius 2 is 2.21 bits per heavy atom. The predicted octanol–water partition coefficient (Wildman–Crippen LogP) is 3.29. The SMILES string of the molecule is CC(=O)c1cnc(NC(C)C2=CCCCC2)nc1C. The molecule has 0 radical (unpaired) electrons. The van der Waals surface area contributed by atoms with Crippen LogP contribution in [-0.2, 0) is 0 Å². The summed E-state index contributed by atoms with van der Waals surface area (Å²) in [5, 5.41) is 3.32. The Hall–Kier alpha value is -1.71. The van der Waals surface area contributed by atoms with Crippen molar-refractivity contribution in [2.75, 3.05) is 5.32 Å². The van der Waals surface area contributed by atoms with Crippen LogP contribution < -0.4 is 5.32 Å². The molecular weight excluding hydrogens is 238 g/mol. The minimum Gasteiger partial charge on any atom is -0.348 e. The maximum Gasteiger partial charge on any atom is 0.223 e. The predicted molar refractivity (Wildman–Crippen MR) is 76.4 cm³/mol. The van der Waals surface area contributed by atoms with Gasteiger partial charge in [-0.15, -0.1) is 0 Å². The van der Waals surface area contributed by atoms with Crippen LogP contribution in [0.2, 0.25) is 0 Å². The van der Waals surface area contributed by atoms with Gasteiger partial charge in [0.1, 0.15) is 0 Å². The van der Waals surface area contributed by atoms with E-state index in [0.29, 0.717) is 11.5 Å². The van der Waals surface area contributed by atoms with E-state index in [1.165, 1.54) is 31.8 Å². The summed E-state index contributed by atoms with van der Waals surface area (Å²) < 4.78 is 0. The van der Waals surface area contributed by atoms with E-state index in [1.54, 1.807) is 6.20 Å². The molecule has 0 amide bonds. The van der Waals surface area contributed by atoms with Crippen LogP contribution in [0.15, 0.2) is 17.8 Å². The Morgan fingerprint density at radius 1 is 1.42 bits per heavy atom. The number of Topliss-reactive ketones (excluding diaryl/α,β-unsaturated/α-hetero) is 1. The monoisotopic (exact) mass is 259 g/mol. The lowest BCUT2D eigenvalue weighted by atomic mass is 9.95. The quantitative estimate of drug-likeness (QED) is 0.666. The molecule has 0 fully saturated rings. The van der Waals surface area contributed by atoms with Gasteiger partial charge in [0, 0.05) is 12.2 Å². The van der Waals surface area contributed by atoms with Gasteiger partial charge in [-0.3, -0.25) is 4.79 Å². The minimum absolute atomic E-state index is 0.00656. The molecule has 2 rings (SSSR count). The Morgan fingerprint density at radius 3 is 2.79 bits per heavy atom. The molecule has 0 spiro atoms. The Kier molecular flexibility index (Phi) is 4.30. The number of allylic oxidation sites excluding steroid dienone is 1. The van der Waals surface area contributed by atoms with Crippen LogP contribution in [0.1, 0.15) is 55.6 Å². The van der Waals surface area contributed by atoms with Crippen LogP contribution in [-0.4, -0.2) is 21.8 Å². The first-order valence-electron chi connectivity index (χ1n) is 6.88. The number of rotatable bonds is 4. The number of hydrogen-bond acceptors (Lipinski definition) is 4. The topological polar surface area (TPSA) is 54.9 Å². The van der Waals surface area contributed by atoms with Crippen molar-refractivity contribution in [1.82, 2.24) is 9.97 Å². The Balaban J connectivity index is 2.09. The molecule has 1 aliphatic carbocycles. The van der Waals surface area contributed by atoms with Crippen LogP contribution in [0, 0.1) is 6.92 Å². The smallest absolute Gasteiger partial charge is 0.223 e. The summed E-state index contributed by atoms with van der Waals surface area (Å²) in [5.41, 5.74) is 2.76. The Labute approximate surface area is 114 Å². The van der Waals surface area contributed by atoms with Crippen LogP contribution in [0.3, 0.4) is 0 Å². The molecule has 1 aromatic rings. The van der Waals surface area contributed by atoms with Crippen LogP contribution in [0.5, 0.6) is 0 Å². The van der Waals surface area contributed by atoms with Crippen molar-refractivity contribution in [3.63, 3.8) is 0 Å². The van der Waals surface area contributed by atoms with Gasteiger partial charge in [-0.1, -0.05) is 11.6 Å². The van der Waals surface area contributed by atoms with E-state index < -0.39 is 0 Å². The molecule has 1 atom stereocenters. The van der Waals surface area contributed by atoms with E-state index in [2.05, 4.69) is 28.3 Å². The molecule has 0 aromatic carbocycles.